The molecular formula is C46H53F3N8O7. The van der Waals surface area contributed by atoms with E-state index in [1.165, 1.54) is 6.07 Å². The molecule has 2 aliphatic heterocycles. The molecule has 5 amide bonds. The van der Waals surface area contributed by atoms with E-state index >= 15 is 0 Å². The number of halogens is 3. The van der Waals surface area contributed by atoms with Crippen molar-refractivity contribution in [3.05, 3.63) is 82.8 Å². The van der Waals surface area contributed by atoms with Gasteiger partial charge in [0.25, 0.3) is 17.7 Å². The van der Waals surface area contributed by atoms with E-state index in [4.69, 9.17) is 9.84 Å². The number of imide groups is 2. The molecule has 1 atom stereocenters. The van der Waals surface area contributed by atoms with Crippen molar-refractivity contribution in [2.45, 2.75) is 108 Å². The minimum absolute atomic E-state index is 0.0648. The van der Waals surface area contributed by atoms with Crippen LogP contribution in [0, 0.1) is 5.92 Å². The summed E-state index contributed by atoms with van der Waals surface area (Å²) in [6.07, 6.45) is 3.84. The summed E-state index contributed by atoms with van der Waals surface area (Å²) < 4.78 is 47.9. The standard InChI is InChI=1S/C46H53F3N8O7/c1-45(2,63)32-23-34-27(20-35(32)51-41(59)33-9-6-11-38(50-33)46(47,48)49)25-56(53-34)28-14-12-26(13-15-28)24-54(3)18-7-19-64-30-21-29(22-30)55(4)36-10-5-8-31-40(36)44(62)57(43(31)61)37-16-17-39(58)52-42(37)60/h5-6,8-11,20,23,25-26,28-30,37,63H,7,12-19,21-22,24H2,1-4H3,(H,51,59)(H,52,58,60). The average Bonchev–Trinajstić information content (AvgIpc) is 3.76. The Hall–Kier alpha value is -5.72. The number of anilines is 2. The first-order chi connectivity index (χ1) is 30.3. The number of nitrogens with one attached hydrogen (secondary N) is 2. The van der Waals surface area contributed by atoms with Crippen LogP contribution in [0.4, 0.5) is 24.5 Å². The SMILES string of the molecule is CN(CCCOC1CC(N(C)c2cccc3c2C(=O)N(C2CCC(=O)NC2=O)C3=O)C1)CC1CCC(n2cc3cc(NC(=O)c4cccc(C(F)(F)F)n4)c(C(C)(C)O)cc3n2)CC1. The zero-order valence-corrected chi connectivity index (χ0v) is 36.3. The molecule has 340 valence electrons. The summed E-state index contributed by atoms with van der Waals surface area (Å²) in [4.78, 5) is 73.0. The van der Waals surface area contributed by atoms with Gasteiger partial charge in [0.15, 0.2) is 0 Å². The summed E-state index contributed by atoms with van der Waals surface area (Å²) in [6, 6.07) is 11.0. The van der Waals surface area contributed by atoms with E-state index in [1.807, 2.05) is 28.9 Å². The number of alkyl halides is 3. The van der Waals surface area contributed by atoms with Crippen LogP contribution in [0.5, 0.6) is 0 Å². The molecule has 2 aromatic heterocycles. The molecule has 18 heteroatoms. The molecule has 4 aliphatic rings. The Morgan fingerprint density at radius 2 is 1.72 bits per heavy atom. The van der Waals surface area contributed by atoms with Gasteiger partial charge in [-0.05, 0) is 115 Å². The lowest BCUT2D eigenvalue weighted by atomic mass is 9.86. The van der Waals surface area contributed by atoms with E-state index in [1.54, 1.807) is 38.1 Å². The lowest BCUT2D eigenvalue weighted by molar-refractivity contribution is -0.141. The van der Waals surface area contributed by atoms with Crippen LogP contribution in [-0.4, -0.2) is 111 Å². The molecule has 4 heterocycles. The van der Waals surface area contributed by atoms with Gasteiger partial charge in [0.2, 0.25) is 11.8 Å². The van der Waals surface area contributed by atoms with Crippen molar-refractivity contribution < 1.29 is 47.0 Å². The molecule has 3 fully saturated rings. The minimum atomic E-state index is -4.70. The lowest BCUT2D eigenvalue weighted by Crippen LogP contribution is -2.54. The number of carbonyl (C=O) groups excluding carboxylic acids is 5. The molecule has 8 rings (SSSR count). The number of piperidine rings is 1. The fourth-order valence-electron chi connectivity index (χ4n) is 9.48. The maximum Gasteiger partial charge on any atom is 0.433 e. The molecule has 3 N–H and O–H groups in total. The summed E-state index contributed by atoms with van der Waals surface area (Å²) in [5.41, 5.74) is -0.493. The number of rotatable bonds is 14. The fourth-order valence-corrected chi connectivity index (χ4v) is 9.48. The van der Waals surface area contributed by atoms with Gasteiger partial charge < -0.3 is 25.0 Å². The topological polar surface area (TPSA) is 179 Å². The van der Waals surface area contributed by atoms with Gasteiger partial charge in [0, 0.05) is 62.0 Å². The van der Waals surface area contributed by atoms with Crippen molar-refractivity contribution in [1.29, 1.82) is 0 Å². The van der Waals surface area contributed by atoms with Gasteiger partial charge in [-0.2, -0.15) is 18.3 Å². The largest absolute Gasteiger partial charge is 0.433 e. The second-order valence-corrected chi connectivity index (χ2v) is 18.2. The molecule has 0 bridgehead atoms. The number of aliphatic hydroxyl groups is 1. The summed E-state index contributed by atoms with van der Waals surface area (Å²) >= 11 is 0. The normalized spacial score (nSPS) is 22.8. The highest BCUT2D eigenvalue weighted by Gasteiger charge is 2.47. The first kappa shape index (κ1) is 44.9. The highest BCUT2D eigenvalue weighted by molar-refractivity contribution is 6.25. The number of hydrogen-bond donors (Lipinski definition) is 3. The zero-order chi connectivity index (χ0) is 45.7. The van der Waals surface area contributed by atoms with Crippen molar-refractivity contribution in [1.82, 2.24) is 29.9 Å². The van der Waals surface area contributed by atoms with Crippen molar-refractivity contribution in [3.63, 3.8) is 0 Å². The molecule has 1 unspecified atom stereocenters. The van der Waals surface area contributed by atoms with Crippen LogP contribution in [-0.2, 0) is 26.1 Å². The van der Waals surface area contributed by atoms with Crippen LogP contribution >= 0.6 is 0 Å². The highest BCUT2D eigenvalue weighted by Crippen LogP contribution is 2.39. The number of pyridine rings is 1. The molecule has 1 saturated heterocycles. The maximum absolute atomic E-state index is 13.6. The van der Waals surface area contributed by atoms with E-state index in [9.17, 15) is 42.3 Å². The first-order valence-electron chi connectivity index (χ1n) is 21.8. The van der Waals surface area contributed by atoms with Gasteiger partial charge >= 0.3 is 6.18 Å². The molecular weight excluding hydrogens is 834 g/mol. The van der Waals surface area contributed by atoms with Gasteiger partial charge in [-0.3, -0.25) is 38.9 Å². The van der Waals surface area contributed by atoms with Gasteiger partial charge in [0.05, 0.1) is 40.1 Å². The third-order valence-electron chi connectivity index (χ3n) is 13.1. The van der Waals surface area contributed by atoms with Crippen LogP contribution in [0.15, 0.2) is 54.7 Å². The third kappa shape index (κ3) is 9.26. The smallest absolute Gasteiger partial charge is 0.386 e. The Kier molecular flexibility index (Phi) is 12.4. The first-order valence-corrected chi connectivity index (χ1v) is 21.8. The Balaban J connectivity index is 0.777. The van der Waals surface area contributed by atoms with Crippen molar-refractivity contribution in [2.24, 2.45) is 5.92 Å². The second kappa shape index (κ2) is 17.7. The van der Waals surface area contributed by atoms with Gasteiger partial charge in [-0.15, -0.1) is 0 Å². The van der Waals surface area contributed by atoms with Crippen LogP contribution in [0.3, 0.4) is 0 Å². The molecule has 4 aromatic rings. The number of aromatic nitrogens is 3. The quantitative estimate of drug-likeness (QED) is 0.0989. The number of nitrogens with zero attached hydrogens (tertiary/aromatic N) is 6. The van der Waals surface area contributed by atoms with Gasteiger partial charge in [-0.1, -0.05) is 12.1 Å². The van der Waals surface area contributed by atoms with Crippen LogP contribution in [0.25, 0.3) is 10.9 Å². The highest BCUT2D eigenvalue weighted by atomic mass is 19.4. The van der Waals surface area contributed by atoms with Crippen molar-refractivity contribution in [2.75, 3.05) is 44.0 Å². The molecule has 15 nitrogen and oxygen atoms in total. The summed E-state index contributed by atoms with van der Waals surface area (Å²) in [5.74, 6) is -2.38. The predicted octanol–water partition coefficient (Wildman–Crippen LogP) is 6.07. The summed E-state index contributed by atoms with van der Waals surface area (Å²) in [5, 5.41) is 21.4. The Bertz CT molecular complexity index is 2470. The predicted molar refractivity (Wildman–Crippen MR) is 230 cm³/mol. The molecule has 2 saturated carbocycles. The van der Waals surface area contributed by atoms with Crippen LogP contribution < -0.4 is 15.5 Å². The van der Waals surface area contributed by atoms with Crippen LogP contribution in [0.2, 0.25) is 0 Å². The Morgan fingerprint density at radius 1 is 0.984 bits per heavy atom. The van der Waals surface area contributed by atoms with E-state index in [0.717, 1.165) is 80.5 Å². The summed E-state index contributed by atoms with van der Waals surface area (Å²) in [7, 11) is 4.04. The molecule has 0 radical (unpaired) electrons. The fraction of sp³-hybridized carbons (Fsp3) is 0.500. The number of carbonyl (C=O) groups is 5. The second-order valence-electron chi connectivity index (χ2n) is 18.2. The number of fused-ring (bicyclic) bond motifs is 2. The third-order valence-corrected chi connectivity index (χ3v) is 13.1. The van der Waals surface area contributed by atoms with E-state index < -0.39 is 58.7 Å². The lowest BCUT2D eigenvalue weighted by Gasteiger charge is -2.42. The van der Waals surface area contributed by atoms with Gasteiger partial charge in [-0.25, -0.2) is 4.98 Å². The zero-order valence-electron chi connectivity index (χ0n) is 36.3. The number of ether oxygens (including phenoxy) is 1. The van der Waals surface area contributed by atoms with E-state index in [2.05, 4.69) is 27.6 Å². The maximum atomic E-state index is 13.6. The van der Waals surface area contributed by atoms with Crippen LogP contribution in [0.1, 0.15) is 120 Å². The molecule has 64 heavy (non-hydrogen) atoms. The monoisotopic (exact) mass is 886 g/mol. The molecule has 0 spiro atoms. The van der Waals surface area contributed by atoms with E-state index in [0.29, 0.717) is 29.3 Å². The molecule has 2 aliphatic carbocycles. The van der Waals surface area contributed by atoms with Crippen molar-refractivity contribution in [3.8, 4) is 0 Å². The Morgan fingerprint density at radius 3 is 2.42 bits per heavy atom. The van der Waals surface area contributed by atoms with Gasteiger partial charge in [0.1, 0.15) is 17.4 Å². The number of amides is 5. The van der Waals surface area contributed by atoms with Crippen molar-refractivity contribution >= 4 is 51.8 Å². The average molecular weight is 887 g/mol. The number of hydrogen-bond acceptors (Lipinski definition) is 11. The van der Waals surface area contributed by atoms with E-state index in [-0.39, 0.29) is 47.8 Å². The number of benzene rings is 2. The summed E-state index contributed by atoms with van der Waals surface area (Å²) in [6.45, 7) is 5.61. The minimum Gasteiger partial charge on any atom is -0.386 e. The Labute approximate surface area is 368 Å². The molecule has 2 aromatic carbocycles.